The largest absolute Gasteiger partial charge is 0.417 e. The van der Waals surface area contributed by atoms with E-state index in [4.69, 9.17) is 15.1 Å². The van der Waals surface area contributed by atoms with E-state index in [0.29, 0.717) is 18.8 Å². The molecule has 1 rings (SSSR count). The molecule has 0 heterocycles. The third-order valence-corrected chi connectivity index (χ3v) is 2.73. The summed E-state index contributed by atoms with van der Waals surface area (Å²) in [4.78, 5) is 1.57. The minimum atomic E-state index is -4.59. The molecule has 1 N–H and O–H groups in total. The molecule has 0 bridgehead atoms. The molecule has 110 valence electrons. The number of aliphatic hydroxyl groups is 1. The van der Waals surface area contributed by atoms with E-state index in [1.807, 2.05) is 0 Å². The molecule has 0 spiro atoms. The van der Waals surface area contributed by atoms with Crippen LogP contribution in [0.1, 0.15) is 11.1 Å². The zero-order chi connectivity index (χ0) is 15.2. The molecule has 0 saturated heterocycles. The van der Waals surface area contributed by atoms with Crippen LogP contribution < -0.4 is 4.90 Å². The quantitative estimate of drug-likeness (QED) is 0.870. The highest BCUT2D eigenvalue weighted by Gasteiger charge is 2.34. The van der Waals surface area contributed by atoms with Gasteiger partial charge >= 0.3 is 6.18 Å². The van der Waals surface area contributed by atoms with Crippen molar-refractivity contribution in [2.75, 3.05) is 38.3 Å². The van der Waals surface area contributed by atoms with Gasteiger partial charge in [0.1, 0.15) is 0 Å². The number of benzene rings is 1. The highest BCUT2D eigenvalue weighted by molar-refractivity contribution is 5.54. The maximum absolute atomic E-state index is 12.9. The Morgan fingerprint density at radius 3 is 2.55 bits per heavy atom. The van der Waals surface area contributed by atoms with Gasteiger partial charge in [0.2, 0.25) is 0 Å². The lowest BCUT2D eigenvalue weighted by atomic mass is 10.1. The summed E-state index contributed by atoms with van der Waals surface area (Å²) in [6.45, 7) is 0.666. The third kappa shape index (κ3) is 4.11. The van der Waals surface area contributed by atoms with Crippen LogP contribution in [0, 0.1) is 11.3 Å². The minimum absolute atomic E-state index is 0.187. The lowest BCUT2D eigenvalue weighted by Crippen LogP contribution is -2.30. The number of aliphatic hydroxyl groups excluding tert-OH is 1. The predicted molar refractivity (Wildman–Crippen MR) is 67.3 cm³/mol. The van der Waals surface area contributed by atoms with Crippen molar-refractivity contribution in [1.29, 1.82) is 5.26 Å². The minimum Gasteiger partial charge on any atom is -0.395 e. The number of halogens is 3. The first-order valence-corrected chi connectivity index (χ1v) is 5.90. The SMILES string of the molecule is COCCN(CCO)c1ccc(C#N)c(C(F)(F)F)c1. The molecule has 0 unspecified atom stereocenters. The van der Waals surface area contributed by atoms with Gasteiger partial charge in [-0.05, 0) is 18.2 Å². The topological polar surface area (TPSA) is 56.5 Å². The first-order chi connectivity index (χ1) is 9.43. The first-order valence-electron chi connectivity index (χ1n) is 5.90. The van der Waals surface area contributed by atoms with E-state index < -0.39 is 17.3 Å². The Kier molecular flexibility index (Phi) is 5.80. The number of nitrogens with zero attached hydrogens (tertiary/aromatic N) is 2. The summed E-state index contributed by atoms with van der Waals surface area (Å²) in [7, 11) is 1.48. The third-order valence-electron chi connectivity index (χ3n) is 2.73. The molecular weight excluding hydrogens is 273 g/mol. The van der Waals surface area contributed by atoms with Crippen LogP contribution in [-0.2, 0) is 10.9 Å². The van der Waals surface area contributed by atoms with Crippen LogP contribution in [0.2, 0.25) is 0 Å². The van der Waals surface area contributed by atoms with E-state index in [1.165, 1.54) is 19.2 Å². The van der Waals surface area contributed by atoms with Gasteiger partial charge in [-0.1, -0.05) is 0 Å². The zero-order valence-corrected chi connectivity index (χ0v) is 10.9. The molecule has 0 aliphatic heterocycles. The van der Waals surface area contributed by atoms with Crippen molar-refractivity contribution >= 4 is 5.69 Å². The summed E-state index contributed by atoms with van der Waals surface area (Å²) in [6.07, 6.45) is -4.59. The van der Waals surface area contributed by atoms with Crippen molar-refractivity contribution < 1.29 is 23.0 Å². The van der Waals surface area contributed by atoms with E-state index in [0.717, 1.165) is 12.1 Å². The Morgan fingerprint density at radius 2 is 2.05 bits per heavy atom. The maximum atomic E-state index is 12.9. The Hall–Kier alpha value is -1.78. The molecule has 0 fully saturated rings. The molecule has 1 aromatic rings. The number of methoxy groups -OCH3 is 1. The molecule has 0 atom stereocenters. The smallest absolute Gasteiger partial charge is 0.395 e. The van der Waals surface area contributed by atoms with Crippen LogP contribution in [0.25, 0.3) is 0 Å². The molecule has 0 aliphatic rings. The molecule has 0 radical (unpaired) electrons. The van der Waals surface area contributed by atoms with Gasteiger partial charge in [0.25, 0.3) is 0 Å². The predicted octanol–water partition coefficient (Wildman–Crippen LogP) is 2.02. The summed E-state index contributed by atoms with van der Waals surface area (Å²) >= 11 is 0. The highest BCUT2D eigenvalue weighted by atomic mass is 19.4. The maximum Gasteiger partial charge on any atom is 0.417 e. The van der Waals surface area contributed by atoms with E-state index in [-0.39, 0.29) is 13.2 Å². The van der Waals surface area contributed by atoms with Crippen LogP contribution in [0.3, 0.4) is 0 Å². The molecule has 0 aliphatic carbocycles. The van der Waals surface area contributed by atoms with Gasteiger partial charge in [-0.2, -0.15) is 18.4 Å². The number of alkyl halides is 3. The summed E-state index contributed by atoms with van der Waals surface area (Å²) in [5.74, 6) is 0. The van der Waals surface area contributed by atoms with Crippen molar-refractivity contribution in [3.63, 3.8) is 0 Å². The molecule has 7 heteroatoms. The summed E-state index contributed by atoms with van der Waals surface area (Å²) in [5.41, 5.74) is -1.10. The second-order valence-corrected chi connectivity index (χ2v) is 4.04. The van der Waals surface area contributed by atoms with Crippen LogP contribution in [0.4, 0.5) is 18.9 Å². The van der Waals surface area contributed by atoms with Crippen molar-refractivity contribution in [2.45, 2.75) is 6.18 Å². The van der Waals surface area contributed by atoms with Gasteiger partial charge < -0.3 is 14.7 Å². The zero-order valence-electron chi connectivity index (χ0n) is 10.9. The normalized spacial score (nSPS) is 11.2. The molecule has 0 aromatic heterocycles. The van der Waals surface area contributed by atoms with E-state index in [2.05, 4.69) is 0 Å². The molecule has 4 nitrogen and oxygen atoms in total. The fraction of sp³-hybridized carbons (Fsp3) is 0.462. The van der Waals surface area contributed by atoms with E-state index >= 15 is 0 Å². The van der Waals surface area contributed by atoms with Crippen molar-refractivity contribution in [2.24, 2.45) is 0 Å². The number of nitriles is 1. The summed E-state index contributed by atoms with van der Waals surface area (Å²) in [6, 6.07) is 5.02. The molecule has 20 heavy (non-hydrogen) atoms. The fourth-order valence-electron chi connectivity index (χ4n) is 1.75. The van der Waals surface area contributed by atoms with Crippen LogP contribution in [0.5, 0.6) is 0 Å². The molecular formula is C13H15F3N2O2. The second kappa shape index (κ2) is 7.12. The standard InChI is InChI=1S/C13H15F3N2O2/c1-20-7-5-18(4-6-19)11-3-2-10(9-17)12(8-11)13(14,15)16/h2-3,8,19H,4-7H2,1H3. The molecule has 1 aromatic carbocycles. The number of anilines is 1. The fourth-order valence-corrected chi connectivity index (χ4v) is 1.75. The van der Waals surface area contributed by atoms with Crippen LogP contribution in [0.15, 0.2) is 18.2 Å². The monoisotopic (exact) mass is 288 g/mol. The van der Waals surface area contributed by atoms with Gasteiger partial charge in [0.15, 0.2) is 0 Å². The van der Waals surface area contributed by atoms with Crippen molar-refractivity contribution in [3.05, 3.63) is 29.3 Å². The van der Waals surface area contributed by atoms with Crippen molar-refractivity contribution in [1.82, 2.24) is 0 Å². The van der Waals surface area contributed by atoms with Crippen LogP contribution >= 0.6 is 0 Å². The molecule has 0 saturated carbocycles. The van der Waals surface area contributed by atoms with E-state index in [9.17, 15) is 13.2 Å². The van der Waals surface area contributed by atoms with Gasteiger partial charge in [0, 0.05) is 25.9 Å². The number of ether oxygens (including phenoxy) is 1. The van der Waals surface area contributed by atoms with E-state index in [1.54, 1.807) is 4.90 Å². The molecule has 0 amide bonds. The second-order valence-electron chi connectivity index (χ2n) is 4.04. The van der Waals surface area contributed by atoms with Crippen molar-refractivity contribution in [3.8, 4) is 6.07 Å². The Bertz CT molecular complexity index is 483. The number of hydrogen-bond donors (Lipinski definition) is 1. The van der Waals surface area contributed by atoms with Gasteiger partial charge in [-0.15, -0.1) is 0 Å². The Morgan fingerprint density at radius 1 is 1.35 bits per heavy atom. The highest BCUT2D eigenvalue weighted by Crippen LogP contribution is 2.34. The Labute approximate surface area is 115 Å². The van der Waals surface area contributed by atoms with Gasteiger partial charge in [-0.25, -0.2) is 0 Å². The first kappa shape index (κ1) is 16.3. The summed E-state index contributed by atoms with van der Waals surface area (Å²) < 4.78 is 43.5. The lowest BCUT2D eigenvalue weighted by Gasteiger charge is -2.24. The van der Waals surface area contributed by atoms with Crippen LogP contribution in [-0.4, -0.2) is 38.5 Å². The number of rotatable bonds is 6. The average molecular weight is 288 g/mol. The van der Waals surface area contributed by atoms with Gasteiger partial charge in [-0.3, -0.25) is 0 Å². The van der Waals surface area contributed by atoms with Gasteiger partial charge in [0.05, 0.1) is 30.4 Å². The average Bonchev–Trinajstić information content (AvgIpc) is 2.42. The lowest BCUT2D eigenvalue weighted by molar-refractivity contribution is -0.137. The summed E-state index contributed by atoms with van der Waals surface area (Å²) in [5, 5.41) is 17.7. The Balaban J connectivity index is 3.14. The number of hydrogen-bond acceptors (Lipinski definition) is 4.